The van der Waals surface area contributed by atoms with Crippen LogP contribution in [0.4, 0.5) is 0 Å². The van der Waals surface area contributed by atoms with Gasteiger partial charge in [0.05, 0.1) is 33.5 Å². The van der Waals surface area contributed by atoms with Gasteiger partial charge < -0.3 is 9.13 Å². The van der Waals surface area contributed by atoms with Gasteiger partial charge in [-0.25, -0.2) is 0 Å². The highest BCUT2D eigenvalue weighted by atomic mass is 15.0. The Labute approximate surface area is 328 Å². The largest absolute Gasteiger partial charge is 0.309 e. The smallest absolute Gasteiger partial charge is 0.115 e. The average Bonchev–Trinajstić information content (AvgIpc) is 3.92. The van der Waals surface area contributed by atoms with Gasteiger partial charge in [0.25, 0.3) is 0 Å². The lowest BCUT2D eigenvalue weighted by atomic mass is 9.71. The van der Waals surface area contributed by atoms with Crippen LogP contribution >= 0.6 is 0 Å². The molecule has 0 amide bonds. The number of hydrogen-bond donors (Lipinski definition) is 0. The maximum absolute atomic E-state index is 5.09. The van der Waals surface area contributed by atoms with Crippen molar-refractivity contribution in [3.05, 3.63) is 217 Å². The van der Waals surface area contributed by atoms with Gasteiger partial charge in [-0.1, -0.05) is 84.9 Å². The lowest BCUT2D eigenvalue weighted by Crippen LogP contribution is -2.31. The van der Waals surface area contributed by atoms with Crippen molar-refractivity contribution in [1.82, 2.24) is 29.1 Å². The number of nitrogens with zero attached hydrogens (tertiary/aromatic N) is 6. The lowest BCUT2D eigenvalue weighted by molar-refractivity contribution is 0.711. The van der Waals surface area contributed by atoms with Crippen molar-refractivity contribution >= 4 is 43.9 Å². The van der Waals surface area contributed by atoms with Gasteiger partial charge in [0.2, 0.25) is 0 Å². The second-order valence-corrected chi connectivity index (χ2v) is 14.6. The molecule has 5 aromatic carbocycles. The molecule has 1 aliphatic rings. The predicted octanol–water partition coefficient (Wildman–Crippen LogP) is 11.5. The van der Waals surface area contributed by atoms with Crippen LogP contribution in [-0.4, -0.2) is 29.1 Å². The third-order valence-electron chi connectivity index (χ3n) is 11.8. The zero-order valence-electron chi connectivity index (χ0n) is 30.7. The molecule has 0 fully saturated rings. The molecule has 266 valence electrons. The number of rotatable bonds is 5. The Morgan fingerprint density at radius 2 is 0.895 bits per heavy atom. The van der Waals surface area contributed by atoms with Crippen LogP contribution in [0.2, 0.25) is 0 Å². The molecule has 12 rings (SSSR count). The van der Waals surface area contributed by atoms with Gasteiger partial charge in [-0.05, 0) is 118 Å². The highest BCUT2D eigenvalue weighted by molar-refractivity contribution is 6.15. The molecule has 0 bridgehead atoms. The molecule has 6 aromatic heterocycles. The maximum Gasteiger partial charge on any atom is 0.115 e. The summed E-state index contributed by atoms with van der Waals surface area (Å²) in [5, 5.41) is 2.41. The summed E-state index contributed by atoms with van der Waals surface area (Å²) in [6.45, 7) is 0. The zero-order valence-corrected chi connectivity index (χ0v) is 30.7. The first-order chi connectivity index (χ1) is 28.3. The number of benzene rings is 5. The molecule has 0 atom stereocenters. The van der Waals surface area contributed by atoms with Gasteiger partial charge in [-0.15, -0.1) is 0 Å². The minimum Gasteiger partial charge on any atom is -0.309 e. The fourth-order valence-electron chi connectivity index (χ4n) is 9.50. The highest BCUT2D eigenvalue weighted by Crippen LogP contribution is 2.58. The second kappa shape index (κ2) is 12.2. The van der Waals surface area contributed by atoms with Crippen molar-refractivity contribution in [1.29, 1.82) is 0 Å². The molecule has 0 saturated heterocycles. The monoisotopic (exact) mass is 728 g/mol. The van der Waals surface area contributed by atoms with Gasteiger partial charge in [-0.2, -0.15) is 0 Å². The first kappa shape index (κ1) is 31.6. The number of aromatic nitrogens is 6. The number of fused-ring (bicyclic) bond motifs is 10. The molecule has 0 spiro atoms. The Balaban J connectivity index is 1.02. The Morgan fingerprint density at radius 1 is 0.368 bits per heavy atom. The Bertz CT molecular complexity index is 3240. The molecule has 0 unspecified atom stereocenters. The van der Waals surface area contributed by atoms with Crippen LogP contribution in [0.5, 0.6) is 0 Å². The van der Waals surface area contributed by atoms with E-state index in [2.05, 4.69) is 165 Å². The van der Waals surface area contributed by atoms with E-state index in [9.17, 15) is 0 Å². The standard InChI is InChI=1S/C51H32N6/c1-3-13-40-37(11-1)38-27-28-42-47(48(38)51(40,45-17-5-7-29-52-45)46-18-6-8-30-53-46)39-12-2-4-14-41(39)56(42)35-23-19-33(20-24-35)34-21-25-36(26-22-34)57-43-15-9-31-54-49(43)50-44(57)16-10-32-55-50/h1-32H. The lowest BCUT2D eigenvalue weighted by Gasteiger charge is -2.32. The summed E-state index contributed by atoms with van der Waals surface area (Å²) in [6, 6.07) is 60.5. The second-order valence-electron chi connectivity index (χ2n) is 14.6. The number of hydrogen-bond acceptors (Lipinski definition) is 4. The third-order valence-corrected chi connectivity index (χ3v) is 11.8. The Morgan fingerprint density at radius 3 is 1.51 bits per heavy atom. The molecule has 0 aliphatic heterocycles. The summed E-state index contributed by atoms with van der Waals surface area (Å²) in [6.07, 6.45) is 7.46. The van der Waals surface area contributed by atoms with E-state index >= 15 is 0 Å². The zero-order chi connectivity index (χ0) is 37.5. The summed E-state index contributed by atoms with van der Waals surface area (Å²) in [4.78, 5) is 19.5. The van der Waals surface area contributed by atoms with Crippen LogP contribution < -0.4 is 0 Å². The van der Waals surface area contributed by atoms with Gasteiger partial charge in [0.15, 0.2) is 0 Å². The molecule has 57 heavy (non-hydrogen) atoms. The van der Waals surface area contributed by atoms with Crippen LogP contribution in [0.3, 0.4) is 0 Å². The van der Waals surface area contributed by atoms with E-state index in [4.69, 9.17) is 9.97 Å². The van der Waals surface area contributed by atoms with Gasteiger partial charge >= 0.3 is 0 Å². The summed E-state index contributed by atoms with van der Waals surface area (Å²) in [5.41, 5.74) is 16.7. The molecule has 0 N–H and O–H groups in total. The summed E-state index contributed by atoms with van der Waals surface area (Å²) in [5.74, 6) is 0. The minimum atomic E-state index is -0.717. The quantitative estimate of drug-likeness (QED) is 0.177. The number of pyridine rings is 4. The first-order valence-electron chi connectivity index (χ1n) is 19.2. The van der Waals surface area contributed by atoms with Gasteiger partial charge in [0.1, 0.15) is 16.4 Å². The Kier molecular flexibility index (Phi) is 6.74. The van der Waals surface area contributed by atoms with Gasteiger partial charge in [0, 0.05) is 46.9 Å². The van der Waals surface area contributed by atoms with Crippen LogP contribution in [0, 0.1) is 0 Å². The average molecular weight is 729 g/mol. The van der Waals surface area contributed by atoms with Crippen LogP contribution in [-0.2, 0) is 5.41 Å². The molecule has 11 aromatic rings. The van der Waals surface area contributed by atoms with E-state index < -0.39 is 5.41 Å². The first-order valence-corrected chi connectivity index (χ1v) is 19.2. The van der Waals surface area contributed by atoms with Crippen molar-refractivity contribution in [3.8, 4) is 33.6 Å². The van der Waals surface area contributed by atoms with Crippen molar-refractivity contribution < 1.29 is 0 Å². The van der Waals surface area contributed by atoms with E-state index in [0.717, 1.165) is 67.0 Å². The van der Waals surface area contributed by atoms with Gasteiger partial charge in [-0.3, -0.25) is 19.9 Å². The van der Waals surface area contributed by atoms with Crippen LogP contribution in [0.1, 0.15) is 22.5 Å². The molecular weight excluding hydrogens is 697 g/mol. The van der Waals surface area contributed by atoms with Crippen molar-refractivity contribution in [3.63, 3.8) is 0 Å². The predicted molar refractivity (Wildman–Crippen MR) is 229 cm³/mol. The fourth-order valence-corrected chi connectivity index (χ4v) is 9.50. The minimum absolute atomic E-state index is 0.717. The molecule has 1 aliphatic carbocycles. The summed E-state index contributed by atoms with van der Waals surface area (Å²) < 4.78 is 4.65. The van der Waals surface area contributed by atoms with E-state index in [1.165, 1.54) is 33.0 Å². The highest BCUT2D eigenvalue weighted by Gasteiger charge is 2.49. The summed E-state index contributed by atoms with van der Waals surface area (Å²) in [7, 11) is 0. The fraction of sp³-hybridized carbons (Fsp3) is 0.0196. The van der Waals surface area contributed by atoms with Crippen molar-refractivity contribution in [2.45, 2.75) is 5.41 Å². The molecule has 6 heterocycles. The van der Waals surface area contributed by atoms with Crippen molar-refractivity contribution in [2.75, 3.05) is 0 Å². The van der Waals surface area contributed by atoms with Crippen LogP contribution in [0.15, 0.2) is 195 Å². The van der Waals surface area contributed by atoms with E-state index in [-0.39, 0.29) is 0 Å². The maximum atomic E-state index is 5.09. The van der Waals surface area contributed by atoms with E-state index in [1.807, 2.05) is 49.1 Å². The van der Waals surface area contributed by atoms with Crippen LogP contribution in [0.25, 0.3) is 77.5 Å². The molecule has 6 heteroatoms. The topological polar surface area (TPSA) is 61.4 Å². The normalized spacial score (nSPS) is 13.1. The van der Waals surface area contributed by atoms with Crippen molar-refractivity contribution in [2.24, 2.45) is 0 Å². The number of para-hydroxylation sites is 1. The molecule has 0 radical (unpaired) electrons. The molecule has 6 nitrogen and oxygen atoms in total. The molecule has 0 saturated carbocycles. The third kappa shape index (κ3) is 4.41. The SMILES string of the molecule is c1ccc(C2(c3ccccn3)c3ccccc3-c3ccc4c(c32)c2ccccc2n4-c2ccc(-c3ccc(-n4c5cccnc5c5ncccc54)cc3)cc2)nc1. The Hall–Kier alpha value is -7.70. The van der Waals surface area contributed by atoms with E-state index in [1.54, 1.807) is 0 Å². The molecular formula is C51H32N6. The summed E-state index contributed by atoms with van der Waals surface area (Å²) >= 11 is 0. The van der Waals surface area contributed by atoms with E-state index in [0.29, 0.717) is 0 Å².